The summed E-state index contributed by atoms with van der Waals surface area (Å²) in [5.74, 6) is 0.689. The van der Waals surface area contributed by atoms with Gasteiger partial charge in [-0.2, -0.15) is 0 Å². The molecule has 114 valence electrons. The van der Waals surface area contributed by atoms with Crippen molar-refractivity contribution in [2.24, 2.45) is 5.73 Å². The topological polar surface area (TPSA) is 64.9 Å². The largest absolute Gasteiger partial charge is 0.383 e. The van der Waals surface area contributed by atoms with Crippen LogP contribution in [0.15, 0.2) is 24.3 Å². The molecule has 0 unspecified atom stereocenters. The summed E-state index contributed by atoms with van der Waals surface area (Å²) in [4.78, 5) is 4.55. The van der Waals surface area contributed by atoms with E-state index in [2.05, 4.69) is 36.2 Å². The fourth-order valence-electron chi connectivity index (χ4n) is 2.68. The Morgan fingerprint density at radius 3 is 2.57 bits per heavy atom. The lowest BCUT2D eigenvalue weighted by atomic mass is 10.0. The molecule has 2 aromatic rings. The van der Waals surface area contributed by atoms with Gasteiger partial charge in [0.05, 0.1) is 5.52 Å². The van der Waals surface area contributed by atoms with E-state index in [9.17, 15) is 0 Å². The molecular weight excluding hydrogens is 258 g/mol. The van der Waals surface area contributed by atoms with Gasteiger partial charge in [0.25, 0.3) is 0 Å². The first-order valence-corrected chi connectivity index (χ1v) is 8.12. The maximum atomic E-state index is 6.08. The number of aromatic nitrogens is 1. The van der Waals surface area contributed by atoms with Crippen LogP contribution in [0.5, 0.6) is 0 Å². The lowest BCUT2D eigenvalue weighted by molar-refractivity contribution is 0.717. The highest BCUT2D eigenvalue weighted by Crippen LogP contribution is 2.22. The summed E-state index contributed by atoms with van der Waals surface area (Å²) in [6.07, 6.45) is 8.00. The number of pyridine rings is 1. The lowest BCUT2D eigenvalue weighted by Crippen LogP contribution is -2.00. The van der Waals surface area contributed by atoms with E-state index >= 15 is 0 Å². The molecule has 1 heterocycles. The summed E-state index contributed by atoms with van der Waals surface area (Å²) < 4.78 is 0. The molecular formula is C18H27N3. The number of aryl methyl sites for hydroxylation is 2. The number of anilines is 1. The van der Waals surface area contributed by atoms with E-state index in [0.717, 1.165) is 37.7 Å². The Bertz CT molecular complexity index is 578. The van der Waals surface area contributed by atoms with Crippen LogP contribution in [0.2, 0.25) is 0 Å². The molecule has 4 N–H and O–H groups in total. The van der Waals surface area contributed by atoms with E-state index in [1.807, 2.05) is 0 Å². The Hall–Kier alpha value is -1.61. The molecule has 1 aromatic heterocycles. The van der Waals surface area contributed by atoms with Crippen LogP contribution in [0.1, 0.15) is 50.2 Å². The van der Waals surface area contributed by atoms with Crippen molar-refractivity contribution >= 4 is 16.7 Å². The van der Waals surface area contributed by atoms with Crippen LogP contribution in [0.4, 0.5) is 5.82 Å². The fraction of sp³-hybridized carbons (Fsp3) is 0.500. The van der Waals surface area contributed by atoms with Crippen LogP contribution in [-0.2, 0) is 12.8 Å². The van der Waals surface area contributed by atoms with Gasteiger partial charge in [-0.3, -0.25) is 0 Å². The quantitative estimate of drug-likeness (QED) is 0.724. The maximum absolute atomic E-state index is 6.08. The SMILES string of the molecule is CCCCCc1cc2cc(CCCCN)ccc2nc1N. The first-order chi connectivity index (χ1) is 10.2. The first kappa shape index (κ1) is 15.8. The third-order valence-corrected chi connectivity index (χ3v) is 3.96. The number of nitrogens with zero attached hydrogens (tertiary/aromatic N) is 1. The van der Waals surface area contributed by atoms with E-state index in [0.29, 0.717) is 5.82 Å². The fourth-order valence-corrected chi connectivity index (χ4v) is 2.68. The average molecular weight is 285 g/mol. The molecule has 0 bridgehead atoms. The van der Waals surface area contributed by atoms with Crippen molar-refractivity contribution < 1.29 is 0 Å². The number of nitrogens with two attached hydrogens (primary N) is 2. The van der Waals surface area contributed by atoms with Crippen molar-refractivity contribution in [1.29, 1.82) is 0 Å². The van der Waals surface area contributed by atoms with Gasteiger partial charge in [0, 0.05) is 5.39 Å². The Morgan fingerprint density at radius 1 is 1.00 bits per heavy atom. The Kier molecular flexibility index (Phi) is 6.00. The number of fused-ring (bicyclic) bond motifs is 1. The highest BCUT2D eigenvalue weighted by Gasteiger charge is 2.05. The van der Waals surface area contributed by atoms with Gasteiger partial charge in [-0.15, -0.1) is 0 Å². The zero-order valence-corrected chi connectivity index (χ0v) is 13.1. The zero-order chi connectivity index (χ0) is 15.1. The predicted octanol–water partition coefficient (Wildman–Crippen LogP) is 3.83. The summed E-state index contributed by atoms with van der Waals surface area (Å²) >= 11 is 0. The molecule has 3 nitrogen and oxygen atoms in total. The van der Waals surface area contributed by atoms with Gasteiger partial charge < -0.3 is 11.5 Å². The molecule has 0 aliphatic heterocycles. The zero-order valence-electron chi connectivity index (χ0n) is 13.1. The molecule has 1 aromatic carbocycles. The molecule has 0 spiro atoms. The van der Waals surface area contributed by atoms with Crippen LogP contribution in [0.25, 0.3) is 10.9 Å². The average Bonchev–Trinajstić information content (AvgIpc) is 2.48. The Balaban J connectivity index is 2.17. The van der Waals surface area contributed by atoms with Gasteiger partial charge in [0.1, 0.15) is 5.82 Å². The number of nitrogen functional groups attached to an aromatic ring is 1. The summed E-state index contributed by atoms with van der Waals surface area (Å²) in [6.45, 7) is 2.99. The standard InChI is InChI=1S/C18H27N3/c1-2-3-4-8-15-13-16-12-14(7-5-6-11-19)9-10-17(16)21-18(15)20/h9-10,12-13H,2-8,11,19H2,1H3,(H2,20,21). The van der Waals surface area contributed by atoms with Crippen LogP contribution in [-0.4, -0.2) is 11.5 Å². The molecule has 0 aliphatic carbocycles. The lowest BCUT2D eigenvalue weighted by Gasteiger charge is -2.08. The molecule has 2 rings (SSSR count). The highest BCUT2D eigenvalue weighted by atomic mass is 14.8. The summed E-state index contributed by atoms with van der Waals surface area (Å²) in [6, 6.07) is 8.71. The van der Waals surface area contributed by atoms with Crippen molar-refractivity contribution in [1.82, 2.24) is 4.98 Å². The highest BCUT2D eigenvalue weighted by molar-refractivity contribution is 5.82. The molecule has 0 atom stereocenters. The predicted molar refractivity (Wildman–Crippen MR) is 91.4 cm³/mol. The first-order valence-electron chi connectivity index (χ1n) is 8.12. The minimum absolute atomic E-state index is 0.689. The molecule has 3 heteroatoms. The normalized spacial score (nSPS) is 11.1. The number of benzene rings is 1. The van der Waals surface area contributed by atoms with Gasteiger partial charge in [-0.25, -0.2) is 4.98 Å². The molecule has 0 aliphatic rings. The van der Waals surface area contributed by atoms with Crippen LogP contribution in [0, 0.1) is 0 Å². The van der Waals surface area contributed by atoms with Crippen molar-refractivity contribution in [3.05, 3.63) is 35.4 Å². The van der Waals surface area contributed by atoms with E-state index < -0.39 is 0 Å². The number of unbranched alkanes of at least 4 members (excludes halogenated alkanes) is 3. The second-order valence-electron chi connectivity index (χ2n) is 5.76. The van der Waals surface area contributed by atoms with Crippen molar-refractivity contribution in [2.45, 2.75) is 51.9 Å². The van der Waals surface area contributed by atoms with Gasteiger partial charge in [0.15, 0.2) is 0 Å². The maximum Gasteiger partial charge on any atom is 0.127 e. The minimum Gasteiger partial charge on any atom is -0.383 e. The summed E-state index contributed by atoms with van der Waals surface area (Å²) in [5, 5.41) is 1.21. The molecule has 0 radical (unpaired) electrons. The number of hydrogen-bond donors (Lipinski definition) is 2. The van der Waals surface area contributed by atoms with Gasteiger partial charge in [-0.05, 0) is 68.0 Å². The summed E-state index contributed by atoms with van der Waals surface area (Å²) in [7, 11) is 0. The van der Waals surface area contributed by atoms with Crippen LogP contribution in [0.3, 0.4) is 0 Å². The number of rotatable bonds is 8. The smallest absolute Gasteiger partial charge is 0.127 e. The van der Waals surface area contributed by atoms with Gasteiger partial charge in [0.2, 0.25) is 0 Å². The van der Waals surface area contributed by atoms with Crippen molar-refractivity contribution in [3.8, 4) is 0 Å². The van der Waals surface area contributed by atoms with Crippen LogP contribution < -0.4 is 11.5 Å². The third kappa shape index (κ3) is 4.43. The second-order valence-corrected chi connectivity index (χ2v) is 5.76. The van der Waals surface area contributed by atoms with Crippen molar-refractivity contribution in [2.75, 3.05) is 12.3 Å². The molecule has 0 amide bonds. The molecule has 21 heavy (non-hydrogen) atoms. The third-order valence-electron chi connectivity index (χ3n) is 3.96. The van der Waals surface area contributed by atoms with E-state index in [1.165, 1.54) is 35.8 Å². The van der Waals surface area contributed by atoms with E-state index in [4.69, 9.17) is 11.5 Å². The van der Waals surface area contributed by atoms with E-state index in [-0.39, 0.29) is 0 Å². The second kappa shape index (κ2) is 7.99. The van der Waals surface area contributed by atoms with Gasteiger partial charge >= 0.3 is 0 Å². The van der Waals surface area contributed by atoms with E-state index in [1.54, 1.807) is 0 Å². The molecule has 0 saturated carbocycles. The molecule has 0 fully saturated rings. The monoisotopic (exact) mass is 285 g/mol. The summed E-state index contributed by atoms with van der Waals surface area (Å²) in [5.41, 5.74) is 15.2. The van der Waals surface area contributed by atoms with Crippen molar-refractivity contribution in [3.63, 3.8) is 0 Å². The minimum atomic E-state index is 0.689. The molecule has 0 saturated heterocycles. The van der Waals surface area contributed by atoms with Crippen LogP contribution >= 0.6 is 0 Å². The van der Waals surface area contributed by atoms with Gasteiger partial charge in [-0.1, -0.05) is 25.8 Å². The number of hydrogen-bond acceptors (Lipinski definition) is 3. The Morgan fingerprint density at radius 2 is 1.81 bits per heavy atom. The Labute approximate surface area is 127 Å².